The number of aryl methyl sites for hydroxylation is 1. The highest BCUT2D eigenvalue weighted by molar-refractivity contribution is 9.09. The Balaban J connectivity index is 0.000000171. The third kappa shape index (κ3) is 7.45. The standard InChI is InChI=1S/C18H18N2O2.C10H10N2O2.C8H8Br/c1-12(14-8-5-4-6-9-14)20-13(2)16(18(21)22-3)15-10-7-11-19-17(15)20;1-6-8(10(13)14-2)7-4-3-5-11-9(7)12-6;1-7(9)8-5-3-2-4-6-8/h4-12H,1-3H3;3-5H,1-2H3,(H,11,12);2-3,5-7H,1H3/q;;+1. The molecule has 6 rings (SSSR count). The maximum Gasteiger partial charge on any atom is 0.340 e. The molecule has 4 heterocycles. The van der Waals surface area contributed by atoms with E-state index >= 15 is 0 Å². The molecule has 5 aromatic rings. The molecule has 0 amide bonds. The van der Waals surface area contributed by atoms with E-state index in [1.807, 2.05) is 68.5 Å². The number of aromatic amines is 1. The summed E-state index contributed by atoms with van der Waals surface area (Å²) in [6.07, 6.45) is 14.4. The number of carbonyl (C=O) groups excluding carboxylic acids is 2. The van der Waals surface area contributed by atoms with Gasteiger partial charge in [-0.25, -0.2) is 19.6 Å². The fourth-order valence-electron chi connectivity index (χ4n) is 5.14. The molecule has 0 spiro atoms. The Hall–Kier alpha value is -4.85. The van der Waals surface area contributed by atoms with Crippen molar-refractivity contribution in [2.45, 2.75) is 38.6 Å². The molecule has 0 saturated carbocycles. The molecule has 0 radical (unpaired) electrons. The number of H-pyrrole nitrogens is 1. The number of hydrogen-bond donors (Lipinski definition) is 1. The molecule has 8 nitrogen and oxygen atoms in total. The Labute approximate surface area is 271 Å². The zero-order chi connectivity index (χ0) is 32.5. The number of rotatable bonds is 5. The van der Waals surface area contributed by atoms with Crippen molar-refractivity contribution >= 4 is 49.9 Å². The van der Waals surface area contributed by atoms with Gasteiger partial charge in [-0.1, -0.05) is 46.3 Å². The van der Waals surface area contributed by atoms with Crippen molar-refractivity contribution in [1.29, 1.82) is 0 Å². The van der Waals surface area contributed by atoms with E-state index in [4.69, 9.17) is 9.47 Å². The number of fused-ring (bicyclic) bond motifs is 2. The van der Waals surface area contributed by atoms with Crippen molar-refractivity contribution < 1.29 is 19.1 Å². The summed E-state index contributed by atoms with van der Waals surface area (Å²) < 4.78 is 11.7. The van der Waals surface area contributed by atoms with E-state index in [-0.39, 0.29) is 18.0 Å². The minimum absolute atomic E-state index is 0.0806. The summed E-state index contributed by atoms with van der Waals surface area (Å²) in [5.41, 5.74) is 6.77. The van der Waals surface area contributed by atoms with Gasteiger partial charge in [0.1, 0.15) is 23.4 Å². The number of allylic oxidation sites excluding steroid dienone is 6. The van der Waals surface area contributed by atoms with E-state index in [2.05, 4.69) is 73.6 Å². The fourth-order valence-corrected chi connectivity index (χ4v) is 5.43. The molecule has 230 valence electrons. The number of alkyl halides is 1. The van der Waals surface area contributed by atoms with E-state index in [0.29, 0.717) is 21.6 Å². The van der Waals surface area contributed by atoms with Crippen LogP contribution >= 0.6 is 15.9 Å². The predicted molar refractivity (Wildman–Crippen MR) is 182 cm³/mol. The van der Waals surface area contributed by atoms with Crippen LogP contribution in [0.3, 0.4) is 0 Å². The second-order valence-corrected chi connectivity index (χ2v) is 11.6. The summed E-state index contributed by atoms with van der Waals surface area (Å²) >= 11 is 3.46. The van der Waals surface area contributed by atoms with Gasteiger partial charge in [0.15, 0.2) is 0 Å². The van der Waals surface area contributed by atoms with E-state index in [0.717, 1.165) is 27.8 Å². The Kier molecular flexibility index (Phi) is 11.2. The van der Waals surface area contributed by atoms with Gasteiger partial charge in [0, 0.05) is 46.7 Å². The lowest BCUT2D eigenvalue weighted by Crippen LogP contribution is -2.10. The van der Waals surface area contributed by atoms with Gasteiger partial charge >= 0.3 is 11.9 Å². The quantitative estimate of drug-likeness (QED) is 0.116. The SMILES string of the molecule is CC(Br)C1=CC=C[C+]=C1.COC(=O)c1c(C)[nH]c2ncccc12.COC(=O)c1c(C)n(C(C)c2ccccc2)c2ncccc12. The van der Waals surface area contributed by atoms with Gasteiger partial charge in [-0.2, -0.15) is 0 Å². The van der Waals surface area contributed by atoms with Crippen molar-refractivity contribution in [3.05, 3.63) is 131 Å². The highest BCUT2D eigenvalue weighted by Gasteiger charge is 2.24. The topological polar surface area (TPSA) is 99.1 Å². The largest absolute Gasteiger partial charge is 0.465 e. The maximum absolute atomic E-state index is 12.2. The smallest absolute Gasteiger partial charge is 0.340 e. The van der Waals surface area contributed by atoms with Crippen molar-refractivity contribution in [1.82, 2.24) is 19.5 Å². The normalized spacial score (nSPS) is 13.0. The molecule has 9 heteroatoms. The average molecular weight is 669 g/mol. The number of nitrogens with zero attached hydrogens (tertiary/aromatic N) is 3. The van der Waals surface area contributed by atoms with Crippen molar-refractivity contribution in [3.8, 4) is 0 Å². The predicted octanol–water partition coefficient (Wildman–Crippen LogP) is 8.02. The zero-order valence-corrected chi connectivity index (χ0v) is 27.8. The van der Waals surface area contributed by atoms with Crippen molar-refractivity contribution in [2.24, 2.45) is 0 Å². The highest BCUT2D eigenvalue weighted by atomic mass is 79.9. The van der Waals surface area contributed by atoms with Crippen LogP contribution in [0.4, 0.5) is 0 Å². The number of aromatic nitrogens is 4. The molecule has 2 atom stereocenters. The van der Waals surface area contributed by atoms with Crippen LogP contribution in [-0.4, -0.2) is 50.5 Å². The number of carbonyl (C=O) groups is 2. The highest BCUT2D eigenvalue weighted by Crippen LogP contribution is 2.31. The third-order valence-corrected chi connectivity index (χ3v) is 7.93. The van der Waals surface area contributed by atoms with Gasteiger partial charge in [0.25, 0.3) is 0 Å². The lowest BCUT2D eigenvalue weighted by Gasteiger charge is -2.17. The molecule has 45 heavy (non-hydrogen) atoms. The molecule has 1 aliphatic rings. The monoisotopic (exact) mass is 667 g/mol. The van der Waals surface area contributed by atoms with Gasteiger partial charge in [-0.15, -0.1) is 0 Å². The second kappa shape index (κ2) is 15.2. The molecule has 0 saturated heterocycles. The number of methoxy groups -OCH3 is 2. The van der Waals surface area contributed by atoms with Gasteiger partial charge in [-0.3, -0.25) is 0 Å². The maximum atomic E-state index is 12.2. The third-order valence-electron chi connectivity index (χ3n) is 7.40. The van der Waals surface area contributed by atoms with E-state index in [9.17, 15) is 9.59 Å². The van der Waals surface area contributed by atoms with Crippen LogP contribution < -0.4 is 0 Å². The molecule has 1 aromatic carbocycles. The second-order valence-electron chi connectivity index (χ2n) is 10.3. The van der Waals surface area contributed by atoms with Crippen LogP contribution in [-0.2, 0) is 9.47 Å². The van der Waals surface area contributed by atoms with Crippen LogP contribution in [0.15, 0.2) is 96.9 Å². The number of pyridine rings is 2. The lowest BCUT2D eigenvalue weighted by atomic mass is 10.1. The molecule has 1 N–H and O–H groups in total. The number of ether oxygens (including phenoxy) is 2. The minimum Gasteiger partial charge on any atom is -0.465 e. The Bertz CT molecular complexity index is 1880. The van der Waals surface area contributed by atoms with Crippen LogP contribution in [0, 0.1) is 19.9 Å². The minimum atomic E-state index is -0.332. The number of halogens is 1. The van der Waals surface area contributed by atoms with Crippen LogP contribution in [0.1, 0.15) is 57.6 Å². The van der Waals surface area contributed by atoms with E-state index in [1.165, 1.54) is 25.4 Å². The van der Waals surface area contributed by atoms with Gasteiger partial charge in [0.2, 0.25) is 0 Å². The number of benzene rings is 1. The molecule has 4 aromatic heterocycles. The lowest BCUT2D eigenvalue weighted by molar-refractivity contribution is 0.0593. The van der Waals surface area contributed by atoms with Gasteiger partial charge < -0.3 is 19.0 Å². The van der Waals surface area contributed by atoms with Crippen LogP contribution in [0.25, 0.3) is 22.1 Å². The van der Waals surface area contributed by atoms with Crippen molar-refractivity contribution in [2.75, 3.05) is 14.2 Å². The fraction of sp³-hybridized carbons (Fsp3) is 0.222. The van der Waals surface area contributed by atoms with Crippen LogP contribution in [0.5, 0.6) is 0 Å². The molecule has 0 fully saturated rings. The summed E-state index contributed by atoms with van der Waals surface area (Å²) in [5, 5.41) is 1.63. The Morgan fingerprint density at radius 2 is 1.53 bits per heavy atom. The van der Waals surface area contributed by atoms with Gasteiger partial charge in [0.05, 0.1) is 47.9 Å². The summed E-state index contributed by atoms with van der Waals surface area (Å²) in [4.78, 5) is 35.7. The summed E-state index contributed by atoms with van der Waals surface area (Å²) in [6.45, 7) is 7.97. The average Bonchev–Trinajstić information content (AvgIpc) is 3.57. The number of hydrogen-bond acceptors (Lipinski definition) is 6. The van der Waals surface area contributed by atoms with E-state index < -0.39 is 0 Å². The Morgan fingerprint density at radius 1 is 0.889 bits per heavy atom. The summed E-state index contributed by atoms with van der Waals surface area (Å²) in [6, 6.07) is 17.7. The summed E-state index contributed by atoms with van der Waals surface area (Å²) in [7, 11) is 2.78. The number of nitrogens with one attached hydrogen (secondary N) is 1. The molecule has 0 aliphatic heterocycles. The molecule has 0 bridgehead atoms. The molecule has 2 unspecified atom stereocenters. The van der Waals surface area contributed by atoms with E-state index in [1.54, 1.807) is 18.5 Å². The number of esters is 2. The van der Waals surface area contributed by atoms with Crippen molar-refractivity contribution in [3.63, 3.8) is 0 Å². The first-order chi connectivity index (χ1) is 21.7. The molecular weight excluding hydrogens is 632 g/mol. The molecule has 1 aliphatic carbocycles. The summed E-state index contributed by atoms with van der Waals surface area (Å²) in [5.74, 6) is -0.656. The Morgan fingerprint density at radius 3 is 2.13 bits per heavy atom. The van der Waals surface area contributed by atoms with Gasteiger partial charge in [-0.05, 0) is 57.5 Å². The first-order valence-corrected chi connectivity index (χ1v) is 15.3. The zero-order valence-electron chi connectivity index (χ0n) is 26.2. The first-order valence-electron chi connectivity index (χ1n) is 14.4. The molecular formula is C36H36BrN4O4+. The first kappa shape index (κ1) is 33.1. The van der Waals surface area contributed by atoms with Crippen LogP contribution in [0.2, 0.25) is 0 Å².